The minimum Gasteiger partial charge on any atom is -0.444 e. The lowest BCUT2D eigenvalue weighted by molar-refractivity contribution is 0.550. The molecule has 1 saturated heterocycles. The van der Waals surface area contributed by atoms with E-state index in [0.717, 1.165) is 18.8 Å². The Labute approximate surface area is 97.3 Å². The van der Waals surface area contributed by atoms with Crippen LogP contribution in [0.1, 0.15) is 12.8 Å². The Morgan fingerprint density at radius 3 is 2.87 bits per heavy atom. The summed E-state index contributed by atoms with van der Waals surface area (Å²) in [6.45, 7) is 1.99. The highest BCUT2D eigenvalue weighted by Crippen LogP contribution is 2.40. The maximum absolute atomic E-state index is 5.85. The monoisotopic (exact) mass is 242 g/mol. The summed E-state index contributed by atoms with van der Waals surface area (Å²) in [4.78, 5) is 0. The van der Waals surface area contributed by atoms with Crippen LogP contribution in [0.25, 0.3) is 0 Å². The molecular weight excluding hydrogens is 227 g/mol. The van der Waals surface area contributed by atoms with Gasteiger partial charge in [-0.2, -0.15) is 4.08 Å². The third kappa shape index (κ3) is 3.35. The van der Waals surface area contributed by atoms with Gasteiger partial charge in [0.15, 0.2) is 0 Å². The van der Waals surface area contributed by atoms with Crippen molar-refractivity contribution in [2.75, 3.05) is 13.1 Å². The zero-order chi connectivity index (χ0) is 10.5. The molecule has 1 aliphatic heterocycles. The molecule has 0 aromatic heterocycles. The van der Waals surface area contributed by atoms with Gasteiger partial charge in [-0.25, -0.2) is 5.09 Å². The van der Waals surface area contributed by atoms with Gasteiger partial charge in [-0.15, -0.1) is 0 Å². The molecule has 3 nitrogen and oxygen atoms in total. The second kappa shape index (κ2) is 5.71. The van der Waals surface area contributed by atoms with E-state index < -0.39 is 8.45 Å². The quantitative estimate of drug-likeness (QED) is 0.616. The van der Waals surface area contributed by atoms with Crippen LogP contribution in [0.4, 0.5) is 0 Å². The summed E-state index contributed by atoms with van der Waals surface area (Å²) >= 11 is 4.43. The topological polar surface area (TPSA) is 24.5 Å². The molecule has 0 radical (unpaired) electrons. The summed E-state index contributed by atoms with van der Waals surface area (Å²) in [6, 6.07) is 9.88. The highest BCUT2D eigenvalue weighted by Gasteiger charge is 2.20. The predicted molar refractivity (Wildman–Crippen MR) is 66.9 cm³/mol. The van der Waals surface area contributed by atoms with Crippen LogP contribution in [0.15, 0.2) is 30.3 Å². The van der Waals surface area contributed by atoms with Crippen LogP contribution >= 0.6 is 21.3 Å². The first-order chi connectivity index (χ1) is 7.36. The van der Waals surface area contributed by atoms with Crippen LogP contribution in [-0.2, 0) is 0 Å². The molecule has 1 aromatic rings. The summed E-state index contributed by atoms with van der Waals surface area (Å²) in [5.41, 5.74) is 0. The smallest absolute Gasteiger partial charge is 0.255 e. The number of nitrogens with one attached hydrogen (secondary N) is 1. The standard InChI is InChI=1S/C10H15N2OPS/c15-12-9-5-4-8-11-14(12)13-10-6-2-1-3-7-10/h1-3,6-7,11,15H,4-5,8-9H2. The Morgan fingerprint density at radius 1 is 1.27 bits per heavy atom. The Bertz CT molecular complexity index is 299. The minimum atomic E-state index is -0.788. The van der Waals surface area contributed by atoms with Crippen molar-refractivity contribution >= 4 is 21.3 Å². The zero-order valence-corrected chi connectivity index (χ0v) is 10.3. The molecule has 1 atom stereocenters. The van der Waals surface area contributed by atoms with Gasteiger partial charge in [0.25, 0.3) is 8.45 Å². The first-order valence-electron chi connectivity index (χ1n) is 5.09. The average Bonchev–Trinajstić information content (AvgIpc) is 2.46. The van der Waals surface area contributed by atoms with Gasteiger partial charge in [0.2, 0.25) is 0 Å². The molecule has 5 heteroatoms. The second-order valence-electron chi connectivity index (χ2n) is 3.39. The molecule has 1 heterocycles. The summed E-state index contributed by atoms with van der Waals surface area (Å²) in [5.74, 6) is 0.900. The van der Waals surface area contributed by atoms with E-state index >= 15 is 0 Å². The van der Waals surface area contributed by atoms with E-state index in [1.165, 1.54) is 12.8 Å². The third-order valence-corrected chi connectivity index (χ3v) is 4.36. The highest BCUT2D eigenvalue weighted by atomic mass is 32.1. The molecule has 1 N–H and O–H groups in total. The van der Waals surface area contributed by atoms with Gasteiger partial charge in [0, 0.05) is 13.1 Å². The molecule has 0 amide bonds. The van der Waals surface area contributed by atoms with Gasteiger partial charge in [-0.3, -0.25) is 0 Å². The van der Waals surface area contributed by atoms with Gasteiger partial charge >= 0.3 is 0 Å². The lowest BCUT2D eigenvalue weighted by atomic mass is 10.3. The second-order valence-corrected chi connectivity index (χ2v) is 5.71. The van der Waals surface area contributed by atoms with Crippen molar-refractivity contribution in [3.05, 3.63) is 30.3 Å². The summed E-state index contributed by atoms with van der Waals surface area (Å²) < 4.78 is 7.82. The molecule has 2 rings (SSSR count). The number of hydrogen-bond donors (Lipinski definition) is 2. The molecule has 82 valence electrons. The van der Waals surface area contributed by atoms with E-state index in [0.29, 0.717) is 0 Å². The van der Waals surface area contributed by atoms with Crippen LogP contribution < -0.4 is 9.61 Å². The maximum atomic E-state index is 5.85. The molecule has 0 aliphatic carbocycles. The Balaban J connectivity index is 1.97. The number of hydrogen-bond acceptors (Lipinski definition) is 4. The summed E-state index contributed by atoms with van der Waals surface area (Å²) in [6.07, 6.45) is 2.36. The number of benzene rings is 1. The highest BCUT2D eigenvalue weighted by molar-refractivity contribution is 7.84. The lowest BCUT2D eigenvalue weighted by Crippen LogP contribution is -2.18. The maximum Gasteiger partial charge on any atom is 0.255 e. The summed E-state index contributed by atoms with van der Waals surface area (Å²) in [7, 11) is -0.788. The van der Waals surface area contributed by atoms with E-state index in [1.54, 1.807) is 0 Å². The van der Waals surface area contributed by atoms with Gasteiger partial charge in [-0.1, -0.05) is 31.0 Å². The molecule has 0 bridgehead atoms. The van der Waals surface area contributed by atoms with Crippen LogP contribution in [0, 0.1) is 0 Å². The van der Waals surface area contributed by atoms with E-state index in [2.05, 4.69) is 17.9 Å². The van der Waals surface area contributed by atoms with Gasteiger partial charge < -0.3 is 4.52 Å². The molecule has 0 spiro atoms. The zero-order valence-electron chi connectivity index (χ0n) is 8.47. The number of rotatable bonds is 2. The molecule has 15 heavy (non-hydrogen) atoms. The molecule has 1 aliphatic rings. The fourth-order valence-electron chi connectivity index (χ4n) is 1.39. The normalized spacial score (nSPS) is 23.4. The number of para-hydroxylation sites is 1. The number of thiol groups is 1. The Hall–Kier alpha value is -0.280. The van der Waals surface area contributed by atoms with E-state index in [9.17, 15) is 0 Å². The lowest BCUT2D eigenvalue weighted by Gasteiger charge is -2.23. The van der Waals surface area contributed by atoms with Crippen LogP contribution in [0.2, 0.25) is 0 Å². The van der Waals surface area contributed by atoms with E-state index in [1.807, 2.05) is 34.4 Å². The first kappa shape index (κ1) is 11.2. The van der Waals surface area contributed by atoms with Crippen LogP contribution in [0.5, 0.6) is 5.75 Å². The van der Waals surface area contributed by atoms with Crippen molar-refractivity contribution < 1.29 is 4.52 Å². The average molecular weight is 242 g/mol. The predicted octanol–water partition coefficient (Wildman–Crippen LogP) is 2.82. The third-order valence-electron chi connectivity index (χ3n) is 2.18. The summed E-state index contributed by atoms with van der Waals surface area (Å²) in [5, 5.41) is 3.37. The van der Waals surface area contributed by atoms with Crippen molar-refractivity contribution in [2.45, 2.75) is 12.8 Å². The van der Waals surface area contributed by atoms with Crippen molar-refractivity contribution in [1.29, 1.82) is 0 Å². The largest absolute Gasteiger partial charge is 0.444 e. The number of nitrogens with zero attached hydrogens (tertiary/aromatic N) is 1. The van der Waals surface area contributed by atoms with E-state index in [4.69, 9.17) is 4.52 Å². The molecular formula is C10H15N2OPS. The van der Waals surface area contributed by atoms with Gasteiger partial charge in [0.05, 0.1) is 0 Å². The minimum absolute atomic E-state index is 0.788. The van der Waals surface area contributed by atoms with E-state index in [-0.39, 0.29) is 0 Å². The fraction of sp³-hybridized carbons (Fsp3) is 0.400. The SMILES string of the molecule is SN1CCCCNP1Oc1ccccc1. The van der Waals surface area contributed by atoms with Gasteiger partial charge in [-0.05, 0) is 25.0 Å². The Morgan fingerprint density at radius 2 is 2.07 bits per heavy atom. The van der Waals surface area contributed by atoms with Crippen molar-refractivity contribution in [3.8, 4) is 5.75 Å². The molecule has 0 saturated carbocycles. The van der Waals surface area contributed by atoms with Crippen molar-refractivity contribution in [3.63, 3.8) is 0 Å². The van der Waals surface area contributed by atoms with Crippen molar-refractivity contribution in [2.24, 2.45) is 0 Å². The van der Waals surface area contributed by atoms with Crippen LogP contribution in [0.3, 0.4) is 0 Å². The first-order valence-corrected chi connectivity index (χ1v) is 6.70. The van der Waals surface area contributed by atoms with Crippen LogP contribution in [-0.4, -0.2) is 17.2 Å². The molecule has 1 aromatic carbocycles. The van der Waals surface area contributed by atoms with Crippen molar-refractivity contribution in [1.82, 2.24) is 9.16 Å². The fourth-order valence-corrected chi connectivity index (χ4v) is 3.14. The molecule has 1 fully saturated rings. The molecule has 1 unspecified atom stereocenters. The Kier molecular flexibility index (Phi) is 4.27. The van der Waals surface area contributed by atoms with Gasteiger partial charge in [0.1, 0.15) is 5.75 Å².